The highest BCUT2D eigenvalue weighted by molar-refractivity contribution is 14.1. The smallest absolute Gasteiger partial charge is 0.255 e. The van der Waals surface area contributed by atoms with E-state index in [1.54, 1.807) is 0 Å². The molecule has 0 radical (unpaired) electrons. The lowest BCUT2D eigenvalue weighted by atomic mass is 10.0. The molecule has 104 valence electrons. The first kappa shape index (κ1) is 15.3. The van der Waals surface area contributed by atoms with Crippen LogP contribution < -0.4 is 5.32 Å². The van der Waals surface area contributed by atoms with E-state index in [9.17, 15) is 4.79 Å². The second-order valence-electron chi connectivity index (χ2n) is 4.86. The molecule has 1 N–H and O–H groups in total. The first-order chi connectivity index (χ1) is 9.47. The first-order valence-electron chi connectivity index (χ1n) is 6.33. The van der Waals surface area contributed by atoms with Crippen molar-refractivity contribution in [2.24, 2.45) is 0 Å². The Morgan fingerprint density at radius 2 is 1.80 bits per heavy atom. The second kappa shape index (κ2) is 6.59. The largest absolute Gasteiger partial charge is 0.321 e. The standard InChI is InChI=1S/C16H15ClINO/c1-10(2)11-3-5-12(6-4-11)16(20)19-15-8-7-13(18)9-14(15)17/h3-10H,1-2H3,(H,19,20). The van der Waals surface area contributed by atoms with Crippen LogP contribution in [0, 0.1) is 3.57 Å². The van der Waals surface area contributed by atoms with Crippen LogP contribution in [0.4, 0.5) is 5.69 Å². The topological polar surface area (TPSA) is 29.1 Å². The zero-order chi connectivity index (χ0) is 14.7. The Hall–Kier alpha value is -1.07. The van der Waals surface area contributed by atoms with Crippen molar-refractivity contribution in [3.8, 4) is 0 Å². The van der Waals surface area contributed by atoms with Crippen molar-refractivity contribution in [2.75, 3.05) is 5.32 Å². The summed E-state index contributed by atoms with van der Waals surface area (Å²) in [4.78, 5) is 12.2. The highest BCUT2D eigenvalue weighted by Crippen LogP contribution is 2.24. The van der Waals surface area contributed by atoms with Gasteiger partial charge in [0.2, 0.25) is 0 Å². The number of nitrogens with one attached hydrogen (secondary N) is 1. The third-order valence-electron chi connectivity index (χ3n) is 3.02. The number of carbonyl (C=O) groups is 1. The minimum absolute atomic E-state index is 0.150. The van der Waals surface area contributed by atoms with Gasteiger partial charge >= 0.3 is 0 Å². The summed E-state index contributed by atoms with van der Waals surface area (Å²) in [6.07, 6.45) is 0. The molecule has 0 fully saturated rings. The van der Waals surface area contributed by atoms with Gasteiger partial charge in [0, 0.05) is 9.13 Å². The van der Waals surface area contributed by atoms with Crippen molar-refractivity contribution >= 4 is 45.8 Å². The van der Waals surface area contributed by atoms with E-state index in [1.165, 1.54) is 5.56 Å². The van der Waals surface area contributed by atoms with Gasteiger partial charge in [-0.2, -0.15) is 0 Å². The van der Waals surface area contributed by atoms with E-state index in [0.717, 1.165) is 3.57 Å². The quantitative estimate of drug-likeness (QED) is 0.695. The molecule has 0 unspecified atom stereocenters. The number of amides is 1. The Morgan fingerprint density at radius 1 is 1.15 bits per heavy atom. The van der Waals surface area contributed by atoms with Crippen molar-refractivity contribution in [1.29, 1.82) is 0 Å². The first-order valence-corrected chi connectivity index (χ1v) is 7.79. The molecule has 0 bridgehead atoms. The molecule has 4 heteroatoms. The van der Waals surface area contributed by atoms with Crippen molar-refractivity contribution in [3.05, 3.63) is 62.2 Å². The van der Waals surface area contributed by atoms with Crippen LogP contribution in [-0.4, -0.2) is 5.91 Å². The average molecular weight is 400 g/mol. The zero-order valence-electron chi connectivity index (χ0n) is 11.3. The van der Waals surface area contributed by atoms with E-state index in [2.05, 4.69) is 41.8 Å². The summed E-state index contributed by atoms with van der Waals surface area (Å²) in [5, 5.41) is 3.37. The predicted octanol–water partition coefficient (Wildman–Crippen LogP) is 5.32. The summed E-state index contributed by atoms with van der Waals surface area (Å²) in [5.74, 6) is 0.307. The maximum atomic E-state index is 12.2. The van der Waals surface area contributed by atoms with Crippen LogP contribution in [0.2, 0.25) is 5.02 Å². The van der Waals surface area contributed by atoms with Crippen molar-refractivity contribution in [3.63, 3.8) is 0 Å². The predicted molar refractivity (Wildman–Crippen MR) is 92.7 cm³/mol. The van der Waals surface area contributed by atoms with Gasteiger partial charge in [0.05, 0.1) is 10.7 Å². The zero-order valence-corrected chi connectivity index (χ0v) is 14.2. The van der Waals surface area contributed by atoms with E-state index in [1.807, 2.05) is 42.5 Å². The van der Waals surface area contributed by atoms with Crippen LogP contribution >= 0.6 is 34.2 Å². The van der Waals surface area contributed by atoms with Crippen LogP contribution in [0.3, 0.4) is 0 Å². The SMILES string of the molecule is CC(C)c1ccc(C(=O)Nc2ccc(I)cc2Cl)cc1. The van der Waals surface area contributed by atoms with E-state index < -0.39 is 0 Å². The molecule has 0 aliphatic rings. The molecular formula is C16H15ClINO. The lowest BCUT2D eigenvalue weighted by Gasteiger charge is -2.09. The number of halogens is 2. The monoisotopic (exact) mass is 399 g/mol. The summed E-state index contributed by atoms with van der Waals surface area (Å²) < 4.78 is 1.03. The van der Waals surface area contributed by atoms with Crippen molar-refractivity contribution in [1.82, 2.24) is 0 Å². The van der Waals surface area contributed by atoms with E-state index in [4.69, 9.17) is 11.6 Å². The Morgan fingerprint density at radius 3 is 2.35 bits per heavy atom. The van der Waals surface area contributed by atoms with Crippen LogP contribution in [0.1, 0.15) is 35.7 Å². The fourth-order valence-corrected chi connectivity index (χ4v) is 2.71. The lowest BCUT2D eigenvalue weighted by molar-refractivity contribution is 0.102. The molecule has 2 aromatic carbocycles. The number of carbonyl (C=O) groups excluding carboxylic acids is 1. The summed E-state index contributed by atoms with van der Waals surface area (Å²) in [7, 11) is 0. The molecule has 0 saturated carbocycles. The third-order valence-corrected chi connectivity index (χ3v) is 4.00. The molecule has 0 saturated heterocycles. The molecule has 2 aromatic rings. The molecule has 0 aliphatic carbocycles. The fourth-order valence-electron chi connectivity index (χ4n) is 1.80. The third kappa shape index (κ3) is 3.73. The van der Waals surface area contributed by atoms with Crippen molar-refractivity contribution < 1.29 is 4.79 Å². The average Bonchev–Trinajstić information content (AvgIpc) is 2.42. The van der Waals surface area contributed by atoms with Gasteiger partial charge in [-0.15, -0.1) is 0 Å². The van der Waals surface area contributed by atoms with Gasteiger partial charge in [0.1, 0.15) is 0 Å². The Kier molecular flexibility index (Phi) is 5.05. The van der Waals surface area contributed by atoms with Gasteiger partial charge in [-0.05, 0) is 64.4 Å². The maximum Gasteiger partial charge on any atom is 0.255 e. The minimum atomic E-state index is -0.150. The number of rotatable bonds is 3. The summed E-state index contributed by atoms with van der Waals surface area (Å²) >= 11 is 8.29. The molecular weight excluding hydrogens is 385 g/mol. The van der Waals surface area contributed by atoms with Gasteiger partial charge in [-0.25, -0.2) is 0 Å². The Labute approximate surface area is 137 Å². The lowest BCUT2D eigenvalue weighted by Crippen LogP contribution is -2.12. The van der Waals surface area contributed by atoms with E-state index in [0.29, 0.717) is 22.2 Å². The Bertz CT molecular complexity index is 623. The van der Waals surface area contributed by atoms with Crippen LogP contribution in [0.25, 0.3) is 0 Å². The van der Waals surface area contributed by atoms with E-state index in [-0.39, 0.29) is 5.91 Å². The van der Waals surface area contributed by atoms with Gasteiger partial charge in [-0.3, -0.25) is 4.79 Å². The fraction of sp³-hybridized carbons (Fsp3) is 0.188. The molecule has 0 heterocycles. The summed E-state index contributed by atoms with van der Waals surface area (Å²) in [6, 6.07) is 13.2. The normalized spacial score (nSPS) is 10.7. The number of hydrogen-bond donors (Lipinski definition) is 1. The van der Waals surface area contributed by atoms with Crippen LogP contribution in [0.5, 0.6) is 0 Å². The molecule has 0 atom stereocenters. The maximum absolute atomic E-state index is 12.2. The summed E-state index contributed by atoms with van der Waals surface area (Å²) in [6.45, 7) is 4.25. The molecule has 0 spiro atoms. The van der Waals surface area contributed by atoms with Crippen molar-refractivity contribution in [2.45, 2.75) is 19.8 Å². The number of hydrogen-bond acceptors (Lipinski definition) is 1. The highest BCUT2D eigenvalue weighted by Gasteiger charge is 2.09. The molecule has 0 aromatic heterocycles. The van der Waals surface area contributed by atoms with Gasteiger partial charge < -0.3 is 5.32 Å². The molecule has 2 nitrogen and oxygen atoms in total. The Balaban J connectivity index is 2.15. The summed E-state index contributed by atoms with van der Waals surface area (Å²) in [5.41, 5.74) is 2.47. The molecule has 0 aliphatic heterocycles. The minimum Gasteiger partial charge on any atom is -0.321 e. The number of anilines is 1. The van der Waals surface area contributed by atoms with Crippen LogP contribution in [-0.2, 0) is 0 Å². The van der Waals surface area contributed by atoms with E-state index >= 15 is 0 Å². The van der Waals surface area contributed by atoms with Crippen LogP contribution in [0.15, 0.2) is 42.5 Å². The highest BCUT2D eigenvalue weighted by atomic mass is 127. The molecule has 2 rings (SSSR count). The van der Waals surface area contributed by atoms with Gasteiger partial charge in [0.25, 0.3) is 5.91 Å². The molecule has 1 amide bonds. The second-order valence-corrected chi connectivity index (χ2v) is 6.51. The van der Waals surface area contributed by atoms with Gasteiger partial charge in [-0.1, -0.05) is 37.6 Å². The molecule has 20 heavy (non-hydrogen) atoms. The number of benzene rings is 2. The van der Waals surface area contributed by atoms with Gasteiger partial charge in [0.15, 0.2) is 0 Å².